The van der Waals surface area contributed by atoms with Crippen LogP contribution in [0.15, 0.2) is 0 Å². The van der Waals surface area contributed by atoms with Gasteiger partial charge in [0.1, 0.15) is 0 Å². The van der Waals surface area contributed by atoms with Crippen molar-refractivity contribution in [2.24, 2.45) is 0 Å². The maximum Gasteiger partial charge on any atom is 0.200 e. The highest BCUT2D eigenvalue weighted by Gasteiger charge is 2.14. The van der Waals surface area contributed by atoms with E-state index in [0.29, 0.717) is 5.95 Å². The second-order valence-corrected chi connectivity index (χ2v) is 3.11. The number of rotatable bonds is 0. The quantitative estimate of drug-likeness (QED) is 0.603. The van der Waals surface area contributed by atoms with Crippen molar-refractivity contribution in [2.75, 3.05) is 5.73 Å². The Bertz CT molecular complexity index is 249. The third-order valence-electron chi connectivity index (χ3n) is 2.35. The fraction of sp³-hybridized carbons (Fsp3) is 0.625. The highest BCUT2D eigenvalue weighted by atomic mass is 15.2. The fourth-order valence-electron chi connectivity index (χ4n) is 1.76. The van der Waals surface area contributed by atoms with Crippen LogP contribution in [0.1, 0.15) is 24.2 Å². The number of aryl methyl sites for hydroxylation is 1. The summed E-state index contributed by atoms with van der Waals surface area (Å²) in [4.78, 5) is 4.23. The van der Waals surface area contributed by atoms with Gasteiger partial charge in [-0.1, -0.05) is 0 Å². The minimum atomic E-state index is 0.692. The van der Waals surface area contributed by atoms with Crippen molar-refractivity contribution in [2.45, 2.75) is 32.7 Å². The van der Waals surface area contributed by atoms with Crippen LogP contribution >= 0.6 is 0 Å². The summed E-state index contributed by atoms with van der Waals surface area (Å²) in [5.41, 5.74) is 8.17. The van der Waals surface area contributed by atoms with Crippen LogP contribution in [0.3, 0.4) is 0 Å². The van der Waals surface area contributed by atoms with Crippen LogP contribution in [-0.4, -0.2) is 9.55 Å². The van der Waals surface area contributed by atoms with Gasteiger partial charge in [0, 0.05) is 12.2 Å². The van der Waals surface area contributed by atoms with Gasteiger partial charge >= 0.3 is 0 Å². The third kappa shape index (κ3) is 0.914. The molecule has 2 rings (SSSR count). The number of anilines is 1. The Morgan fingerprint density at radius 1 is 1.45 bits per heavy atom. The van der Waals surface area contributed by atoms with Crippen LogP contribution in [0, 0.1) is 6.92 Å². The Morgan fingerprint density at radius 2 is 2.27 bits per heavy atom. The summed E-state index contributed by atoms with van der Waals surface area (Å²) in [5, 5.41) is 0. The van der Waals surface area contributed by atoms with Crippen molar-refractivity contribution >= 4 is 5.95 Å². The van der Waals surface area contributed by atoms with Gasteiger partial charge in [0.25, 0.3) is 0 Å². The summed E-state index contributed by atoms with van der Waals surface area (Å²) in [6.45, 7) is 3.09. The smallest absolute Gasteiger partial charge is 0.200 e. The van der Waals surface area contributed by atoms with Gasteiger partial charge in [0.2, 0.25) is 5.95 Å². The summed E-state index contributed by atoms with van der Waals surface area (Å²) in [7, 11) is 0. The number of imidazole rings is 1. The van der Waals surface area contributed by atoms with Crippen molar-refractivity contribution < 1.29 is 0 Å². The van der Waals surface area contributed by atoms with Gasteiger partial charge in [0.05, 0.1) is 5.69 Å². The molecule has 1 aromatic rings. The molecule has 0 aromatic carbocycles. The number of nitrogen functional groups attached to an aromatic ring is 1. The third-order valence-corrected chi connectivity index (χ3v) is 2.35. The zero-order valence-electron chi connectivity index (χ0n) is 6.80. The second-order valence-electron chi connectivity index (χ2n) is 3.11. The van der Waals surface area contributed by atoms with E-state index in [9.17, 15) is 0 Å². The molecule has 11 heavy (non-hydrogen) atoms. The highest BCUT2D eigenvalue weighted by molar-refractivity contribution is 5.29. The standard InChI is InChI=1S/C8H13N3/c1-6-7-4-2-3-5-11(7)8(9)10-6/h2-5H2,1H3,(H2,9,10). The molecule has 0 bridgehead atoms. The fourth-order valence-corrected chi connectivity index (χ4v) is 1.76. The molecule has 2 N–H and O–H groups in total. The summed E-state index contributed by atoms with van der Waals surface area (Å²) in [5.74, 6) is 0.692. The molecule has 3 heteroatoms. The summed E-state index contributed by atoms with van der Waals surface area (Å²) >= 11 is 0. The molecule has 0 radical (unpaired) electrons. The molecular formula is C8H13N3. The maximum atomic E-state index is 5.71. The Morgan fingerprint density at radius 3 is 3.00 bits per heavy atom. The van der Waals surface area contributed by atoms with Crippen LogP contribution in [0.2, 0.25) is 0 Å². The molecule has 1 aliphatic heterocycles. The van der Waals surface area contributed by atoms with Crippen molar-refractivity contribution in [3.63, 3.8) is 0 Å². The molecule has 2 heterocycles. The zero-order chi connectivity index (χ0) is 7.84. The molecule has 60 valence electrons. The average molecular weight is 151 g/mol. The monoisotopic (exact) mass is 151 g/mol. The Labute approximate surface area is 66.2 Å². The van der Waals surface area contributed by atoms with E-state index < -0.39 is 0 Å². The lowest BCUT2D eigenvalue weighted by Crippen LogP contribution is -2.12. The maximum absolute atomic E-state index is 5.71. The minimum absolute atomic E-state index is 0.692. The Kier molecular flexibility index (Phi) is 1.37. The van der Waals surface area contributed by atoms with E-state index in [4.69, 9.17) is 5.73 Å². The Hall–Kier alpha value is -0.990. The molecule has 1 aromatic heterocycles. The van der Waals surface area contributed by atoms with Crippen LogP contribution in [0.4, 0.5) is 5.95 Å². The van der Waals surface area contributed by atoms with E-state index in [0.717, 1.165) is 18.7 Å². The van der Waals surface area contributed by atoms with E-state index in [1.807, 2.05) is 6.92 Å². The molecule has 0 aliphatic carbocycles. The number of nitrogens with zero attached hydrogens (tertiary/aromatic N) is 2. The predicted molar refractivity (Wildman–Crippen MR) is 44.3 cm³/mol. The topological polar surface area (TPSA) is 43.8 Å². The number of aromatic nitrogens is 2. The van der Waals surface area contributed by atoms with E-state index in [1.165, 1.54) is 18.5 Å². The first kappa shape index (κ1) is 6.70. The first-order valence-corrected chi connectivity index (χ1v) is 4.10. The lowest BCUT2D eigenvalue weighted by molar-refractivity contribution is 0.536. The molecule has 0 saturated carbocycles. The molecule has 0 saturated heterocycles. The van der Waals surface area contributed by atoms with Gasteiger partial charge in [-0.05, 0) is 26.2 Å². The number of hydrogen-bond donors (Lipinski definition) is 1. The minimum Gasteiger partial charge on any atom is -0.369 e. The van der Waals surface area contributed by atoms with Gasteiger partial charge in [-0.3, -0.25) is 0 Å². The highest BCUT2D eigenvalue weighted by Crippen LogP contribution is 2.20. The number of nitrogens with two attached hydrogens (primary N) is 1. The van der Waals surface area contributed by atoms with Crippen molar-refractivity contribution in [3.05, 3.63) is 11.4 Å². The zero-order valence-corrected chi connectivity index (χ0v) is 6.80. The van der Waals surface area contributed by atoms with Gasteiger partial charge in [-0.15, -0.1) is 0 Å². The van der Waals surface area contributed by atoms with E-state index in [2.05, 4.69) is 9.55 Å². The van der Waals surface area contributed by atoms with E-state index in [-0.39, 0.29) is 0 Å². The largest absolute Gasteiger partial charge is 0.369 e. The van der Waals surface area contributed by atoms with Crippen molar-refractivity contribution in [1.82, 2.24) is 9.55 Å². The molecule has 1 aliphatic rings. The average Bonchev–Trinajstić information content (AvgIpc) is 2.30. The van der Waals surface area contributed by atoms with Gasteiger partial charge < -0.3 is 10.3 Å². The van der Waals surface area contributed by atoms with Gasteiger partial charge in [0.15, 0.2) is 0 Å². The molecule has 0 atom stereocenters. The van der Waals surface area contributed by atoms with E-state index >= 15 is 0 Å². The van der Waals surface area contributed by atoms with Crippen molar-refractivity contribution in [3.8, 4) is 0 Å². The van der Waals surface area contributed by atoms with Gasteiger partial charge in [-0.2, -0.15) is 0 Å². The molecule has 0 fully saturated rings. The number of hydrogen-bond acceptors (Lipinski definition) is 2. The summed E-state index contributed by atoms with van der Waals surface area (Å²) in [6.07, 6.45) is 3.68. The lowest BCUT2D eigenvalue weighted by atomic mass is 10.1. The van der Waals surface area contributed by atoms with Gasteiger partial charge in [-0.25, -0.2) is 4.98 Å². The number of fused-ring (bicyclic) bond motifs is 1. The summed E-state index contributed by atoms with van der Waals surface area (Å²) in [6, 6.07) is 0. The first-order valence-electron chi connectivity index (χ1n) is 4.10. The lowest BCUT2D eigenvalue weighted by Gasteiger charge is -2.15. The molecular weight excluding hydrogens is 138 g/mol. The second kappa shape index (κ2) is 2.26. The SMILES string of the molecule is Cc1nc(N)n2c1CCCC2. The molecule has 3 nitrogen and oxygen atoms in total. The van der Waals surface area contributed by atoms with E-state index in [1.54, 1.807) is 0 Å². The van der Waals surface area contributed by atoms with Crippen LogP contribution < -0.4 is 5.73 Å². The van der Waals surface area contributed by atoms with Crippen LogP contribution in [0.5, 0.6) is 0 Å². The summed E-state index contributed by atoms with van der Waals surface area (Å²) < 4.78 is 2.14. The molecule has 0 amide bonds. The van der Waals surface area contributed by atoms with Crippen molar-refractivity contribution in [1.29, 1.82) is 0 Å². The predicted octanol–water partition coefficient (Wildman–Crippen LogP) is 1.11. The van der Waals surface area contributed by atoms with Crippen LogP contribution in [-0.2, 0) is 13.0 Å². The Balaban J connectivity index is 2.52. The van der Waals surface area contributed by atoms with Crippen LogP contribution in [0.25, 0.3) is 0 Å². The first-order chi connectivity index (χ1) is 5.29. The molecule has 0 spiro atoms. The normalized spacial score (nSPS) is 16.5. The molecule has 0 unspecified atom stereocenters.